The molecule has 1 rings (SSSR count). The maximum absolute atomic E-state index is 12.2. The average Bonchev–Trinajstić information content (AvgIpc) is 2.78. The summed E-state index contributed by atoms with van der Waals surface area (Å²) in [6, 6.07) is -0.119. The Morgan fingerprint density at radius 2 is 1.78 bits per heavy atom. The number of ether oxygens (including phenoxy) is 1. The Labute approximate surface area is 112 Å². The summed E-state index contributed by atoms with van der Waals surface area (Å²) in [5.74, 6) is 1.35. The molecule has 0 aromatic rings. The van der Waals surface area contributed by atoms with Gasteiger partial charge in [-0.05, 0) is 44.7 Å². The zero-order valence-electron chi connectivity index (χ0n) is 12.6. The second kappa shape index (κ2) is 7.13. The monoisotopic (exact) mass is 255 g/mol. The van der Waals surface area contributed by atoms with Gasteiger partial charge in [0, 0.05) is 0 Å². The van der Waals surface area contributed by atoms with Crippen molar-refractivity contribution in [2.24, 2.45) is 17.8 Å². The lowest BCUT2D eigenvalue weighted by Gasteiger charge is -2.30. The Bertz CT molecular complexity index is 257. The summed E-state index contributed by atoms with van der Waals surface area (Å²) < 4.78 is 5.54. The SMILES string of the molecule is CC(C)C(C)C(C(=O)OCC1CCCC1)N(C)C. The van der Waals surface area contributed by atoms with Crippen LogP contribution in [0.15, 0.2) is 0 Å². The summed E-state index contributed by atoms with van der Waals surface area (Å²) in [5.41, 5.74) is 0. The van der Waals surface area contributed by atoms with Gasteiger partial charge in [0.05, 0.1) is 6.61 Å². The zero-order valence-corrected chi connectivity index (χ0v) is 12.6. The number of carbonyl (C=O) groups excluding carboxylic acids is 1. The molecule has 1 fully saturated rings. The Morgan fingerprint density at radius 1 is 1.22 bits per heavy atom. The molecular formula is C15H29NO2. The van der Waals surface area contributed by atoms with Gasteiger partial charge in [-0.3, -0.25) is 9.69 Å². The first-order valence-corrected chi connectivity index (χ1v) is 7.26. The molecule has 1 saturated carbocycles. The highest BCUT2D eigenvalue weighted by atomic mass is 16.5. The van der Waals surface area contributed by atoms with Crippen molar-refractivity contribution in [2.45, 2.75) is 52.5 Å². The van der Waals surface area contributed by atoms with Gasteiger partial charge < -0.3 is 4.74 Å². The highest BCUT2D eigenvalue weighted by molar-refractivity contribution is 5.76. The van der Waals surface area contributed by atoms with Crippen molar-refractivity contribution in [2.75, 3.05) is 20.7 Å². The summed E-state index contributed by atoms with van der Waals surface area (Å²) in [6.45, 7) is 7.07. The van der Waals surface area contributed by atoms with Gasteiger partial charge in [-0.2, -0.15) is 0 Å². The number of hydrogen-bond acceptors (Lipinski definition) is 3. The molecule has 3 heteroatoms. The standard InChI is InChI=1S/C15H29NO2/c1-11(2)12(3)14(16(4)5)15(17)18-10-13-8-6-7-9-13/h11-14H,6-10H2,1-5H3. The lowest BCUT2D eigenvalue weighted by Crippen LogP contribution is -2.44. The van der Waals surface area contributed by atoms with E-state index in [1.54, 1.807) is 0 Å². The second-order valence-electron chi connectivity index (χ2n) is 6.29. The number of likely N-dealkylation sites (N-methyl/N-ethyl adjacent to an activating group) is 1. The largest absolute Gasteiger partial charge is 0.464 e. The van der Waals surface area contributed by atoms with Gasteiger partial charge in [-0.15, -0.1) is 0 Å². The third kappa shape index (κ3) is 4.27. The molecule has 0 heterocycles. The van der Waals surface area contributed by atoms with E-state index in [1.165, 1.54) is 25.7 Å². The third-order valence-electron chi connectivity index (χ3n) is 4.28. The van der Waals surface area contributed by atoms with Gasteiger partial charge >= 0.3 is 5.97 Å². The highest BCUT2D eigenvalue weighted by Gasteiger charge is 2.31. The van der Waals surface area contributed by atoms with Crippen molar-refractivity contribution in [3.8, 4) is 0 Å². The summed E-state index contributed by atoms with van der Waals surface area (Å²) in [7, 11) is 3.92. The van der Waals surface area contributed by atoms with Crippen molar-refractivity contribution in [3.05, 3.63) is 0 Å². The summed E-state index contributed by atoms with van der Waals surface area (Å²) >= 11 is 0. The number of nitrogens with zero attached hydrogens (tertiary/aromatic N) is 1. The Morgan fingerprint density at radius 3 is 2.22 bits per heavy atom. The first-order chi connectivity index (χ1) is 8.43. The van der Waals surface area contributed by atoms with Crippen LogP contribution in [-0.4, -0.2) is 37.6 Å². The number of rotatable bonds is 6. The van der Waals surface area contributed by atoms with Crippen LogP contribution in [0.5, 0.6) is 0 Å². The molecule has 0 radical (unpaired) electrons. The van der Waals surface area contributed by atoms with E-state index in [1.807, 2.05) is 19.0 Å². The maximum atomic E-state index is 12.2. The second-order valence-corrected chi connectivity index (χ2v) is 6.29. The van der Waals surface area contributed by atoms with E-state index >= 15 is 0 Å². The van der Waals surface area contributed by atoms with E-state index < -0.39 is 0 Å². The molecule has 0 aromatic heterocycles. The lowest BCUT2D eigenvalue weighted by molar-refractivity contribution is -0.153. The van der Waals surface area contributed by atoms with Crippen molar-refractivity contribution < 1.29 is 9.53 Å². The predicted molar refractivity (Wildman–Crippen MR) is 74.4 cm³/mol. The molecule has 3 nitrogen and oxygen atoms in total. The minimum Gasteiger partial charge on any atom is -0.464 e. The van der Waals surface area contributed by atoms with Crippen LogP contribution >= 0.6 is 0 Å². The van der Waals surface area contributed by atoms with Gasteiger partial charge in [0.25, 0.3) is 0 Å². The molecule has 0 aliphatic heterocycles. The molecule has 2 atom stereocenters. The van der Waals surface area contributed by atoms with E-state index in [4.69, 9.17) is 4.74 Å². The van der Waals surface area contributed by atoms with Crippen LogP contribution in [0.3, 0.4) is 0 Å². The van der Waals surface area contributed by atoms with Gasteiger partial charge in [0.2, 0.25) is 0 Å². The maximum Gasteiger partial charge on any atom is 0.323 e. The molecule has 0 amide bonds. The van der Waals surface area contributed by atoms with Crippen LogP contribution in [0.1, 0.15) is 46.5 Å². The molecular weight excluding hydrogens is 226 g/mol. The molecule has 0 N–H and O–H groups in total. The number of hydrogen-bond donors (Lipinski definition) is 0. The van der Waals surface area contributed by atoms with Gasteiger partial charge in [0.15, 0.2) is 0 Å². The van der Waals surface area contributed by atoms with E-state index in [0.717, 1.165) is 0 Å². The number of esters is 1. The topological polar surface area (TPSA) is 29.5 Å². The van der Waals surface area contributed by atoms with Gasteiger partial charge in [-0.25, -0.2) is 0 Å². The van der Waals surface area contributed by atoms with Crippen LogP contribution in [0.4, 0.5) is 0 Å². The van der Waals surface area contributed by atoms with Crippen LogP contribution < -0.4 is 0 Å². The van der Waals surface area contributed by atoms with E-state index in [-0.39, 0.29) is 12.0 Å². The van der Waals surface area contributed by atoms with Crippen LogP contribution in [0.25, 0.3) is 0 Å². The molecule has 106 valence electrons. The lowest BCUT2D eigenvalue weighted by atomic mass is 9.89. The highest BCUT2D eigenvalue weighted by Crippen LogP contribution is 2.25. The molecule has 2 unspecified atom stereocenters. The number of carbonyl (C=O) groups is 1. The van der Waals surface area contributed by atoms with E-state index in [0.29, 0.717) is 24.4 Å². The summed E-state index contributed by atoms with van der Waals surface area (Å²) in [6.07, 6.45) is 5.03. The normalized spacial score (nSPS) is 20.4. The molecule has 1 aliphatic carbocycles. The first kappa shape index (κ1) is 15.5. The van der Waals surface area contributed by atoms with E-state index in [2.05, 4.69) is 20.8 Å². The molecule has 0 saturated heterocycles. The smallest absolute Gasteiger partial charge is 0.323 e. The van der Waals surface area contributed by atoms with Gasteiger partial charge in [0.1, 0.15) is 6.04 Å². The Hall–Kier alpha value is -0.570. The van der Waals surface area contributed by atoms with Crippen molar-refractivity contribution in [3.63, 3.8) is 0 Å². The summed E-state index contributed by atoms with van der Waals surface area (Å²) in [4.78, 5) is 14.2. The molecule has 1 aliphatic rings. The first-order valence-electron chi connectivity index (χ1n) is 7.26. The quantitative estimate of drug-likeness (QED) is 0.683. The fourth-order valence-corrected chi connectivity index (χ4v) is 2.72. The third-order valence-corrected chi connectivity index (χ3v) is 4.28. The van der Waals surface area contributed by atoms with Crippen LogP contribution in [0, 0.1) is 17.8 Å². The minimum absolute atomic E-state index is 0.0481. The van der Waals surface area contributed by atoms with Crippen molar-refractivity contribution >= 4 is 5.97 Å². The predicted octanol–water partition coefficient (Wildman–Crippen LogP) is 2.94. The van der Waals surface area contributed by atoms with E-state index in [9.17, 15) is 4.79 Å². The minimum atomic E-state index is -0.119. The van der Waals surface area contributed by atoms with Gasteiger partial charge in [-0.1, -0.05) is 33.6 Å². The van der Waals surface area contributed by atoms with Crippen molar-refractivity contribution in [1.82, 2.24) is 4.90 Å². The molecule has 0 spiro atoms. The van der Waals surface area contributed by atoms with Crippen LogP contribution in [0.2, 0.25) is 0 Å². The molecule has 0 aromatic carbocycles. The average molecular weight is 255 g/mol. The van der Waals surface area contributed by atoms with Crippen LogP contribution in [-0.2, 0) is 9.53 Å². The fraction of sp³-hybridized carbons (Fsp3) is 0.933. The Kier molecular flexibility index (Phi) is 6.13. The molecule has 0 bridgehead atoms. The fourth-order valence-electron chi connectivity index (χ4n) is 2.72. The summed E-state index contributed by atoms with van der Waals surface area (Å²) in [5, 5.41) is 0. The van der Waals surface area contributed by atoms with Crippen molar-refractivity contribution in [1.29, 1.82) is 0 Å². The Balaban J connectivity index is 2.48. The molecule has 18 heavy (non-hydrogen) atoms. The zero-order chi connectivity index (χ0) is 13.7.